The Morgan fingerprint density at radius 2 is 1.83 bits per heavy atom. The normalized spacial score (nSPS) is 18.8. The minimum absolute atomic E-state index is 0.132. The smallest absolute Gasteiger partial charge is 0.435 e. The summed E-state index contributed by atoms with van der Waals surface area (Å²) in [5.41, 5.74) is -0.675. The van der Waals surface area contributed by atoms with Gasteiger partial charge < -0.3 is 19.4 Å². The van der Waals surface area contributed by atoms with Crippen LogP contribution >= 0.6 is 0 Å². The Morgan fingerprint density at radius 1 is 1.25 bits per heavy atom. The quantitative estimate of drug-likeness (QED) is 0.836. The molecule has 0 unspecified atom stereocenters. The summed E-state index contributed by atoms with van der Waals surface area (Å²) in [5, 5.41) is 2.61. The van der Waals surface area contributed by atoms with Gasteiger partial charge >= 0.3 is 13.7 Å². The van der Waals surface area contributed by atoms with E-state index in [0.717, 1.165) is 0 Å². The number of hydrogen-bond donors (Lipinski definition) is 1. The molecule has 1 fully saturated rings. The minimum Gasteiger partial charge on any atom is -0.435 e. The number of nitrogens with one attached hydrogen (secondary N) is 1. The van der Waals surface area contributed by atoms with Crippen LogP contribution in [0.25, 0.3) is 0 Å². The molecule has 1 N–H and O–H groups in total. The van der Waals surface area contributed by atoms with Gasteiger partial charge in [0.2, 0.25) is 0 Å². The predicted molar refractivity (Wildman–Crippen MR) is 86.8 cm³/mol. The van der Waals surface area contributed by atoms with Gasteiger partial charge in [0.1, 0.15) is 5.75 Å². The van der Waals surface area contributed by atoms with E-state index in [9.17, 15) is 13.6 Å². The van der Waals surface area contributed by atoms with Crippen LogP contribution in [0.2, 0.25) is 0 Å². The van der Waals surface area contributed by atoms with Crippen molar-refractivity contribution in [3.63, 3.8) is 0 Å². The molecule has 132 valence electrons. The maximum atomic E-state index is 12.8. The molecular weight excluding hydrogens is 319 g/mol. The second-order valence-electron chi connectivity index (χ2n) is 6.58. The fraction of sp³-hybridized carbons (Fsp3) is 0.562. The van der Waals surface area contributed by atoms with Gasteiger partial charge in [-0.2, -0.15) is 8.78 Å². The summed E-state index contributed by atoms with van der Waals surface area (Å²) >= 11 is 0. The summed E-state index contributed by atoms with van der Waals surface area (Å²) in [5.74, 6) is -0.496. The summed E-state index contributed by atoms with van der Waals surface area (Å²) in [6.07, 6.45) is 0. The first kappa shape index (κ1) is 18.7. The predicted octanol–water partition coefficient (Wildman–Crippen LogP) is 2.34. The highest BCUT2D eigenvalue weighted by Crippen LogP contribution is 2.37. The summed E-state index contributed by atoms with van der Waals surface area (Å²) in [7, 11) is -0.855. The van der Waals surface area contributed by atoms with Crippen molar-refractivity contribution >= 4 is 18.5 Å². The van der Waals surface area contributed by atoms with Crippen LogP contribution in [-0.2, 0) is 9.31 Å². The van der Waals surface area contributed by atoms with Crippen molar-refractivity contribution in [3.05, 3.63) is 23.8 Å². The van der Waals surface area contributed by atoms with Crippen molar-refractivity contribution in [2.24, 2.45) is 0 Å². The average molecular weight is 341 g/mol. The lowest BCUT2D eigenvalue weighted by atomic mass is 9.78. The standard InChI is InChI=1S/C16H22BF2NO4/c1-6-20-13(21)10-7-8-11(12(9-10)22-14(18)19)17-23-15(2,3)16(4,5)24-17/h7-9,14H,6H2,1-5H3,(H,20,21). The van der Waals surface area contributed by atoms with Crippen molar-refractivity contribution in [1.29, 1.82) is 0 Å². The van der Waals surface area contributed by atoms with Crippen molar-refractivity contribution < 1.29 is 27.6 Å². The SMILES string of the molecule is CCNC(=O)c1ccc(B2OC(C)(C)C(C)(C)O2)c(OC(F)F)c1. The van der Waals surface area contributed by atoms with Gasteiger partial charge in [-0.1, -0.05) is 6.07 Å². The first-order valence-electron chi connectivity index (χ1n) is 7.80. The number of rotatable bonds is 5. The summed E-state index contributed by atoms with van der Waals surface area (Å²) < 4.78 is 41.9. The van der Waals surface area contributed by atoms with Crippen molar-refractivity contribution in [1.82, 2.24) is 5.32 Å². The van der Waals surface area contributed by atoms with Crippen LogP contribution in [0.15, 0.2) is 18.2 Å². The number of carbonyl (C=O) groups excluding carboxylic acids is 1. The van der Waals surface area contributed by atoms with Crippen molar-refractivity contribution in [2.45, 2.75) is 52.4 Å². The van der Waals surface area contributed by atoms with Crippen molar-refractivity contribution in [3.8, 4) is 5.75 Å². The molecule has 0 spiro atoms. The van der Waals surface area contributed by atoms with E-state index >= 15 is 0 Å². The fourth-order valence-corrected chi connectivity index (χ4v) is 2.30. The van der Waals surface area contributed by atoms with E-state index in [4.69, 9.17) is 9.31 Å². The molecule has 2 rings (SSSR count). The number of ether oxygens (including phenoxy) is 1. The Kier molecular flexibility index (Phi) is 5.20. The molecule has 1 heterocycles. The third kappa shape index (κ3) is 3.70. The number of alkyl halides is 2. The monoisotopic (exact) mass is 341 g/mol. The third-order valence-corrected chi connectivity index (χ3v) is 4.34. The molecule has 1 aromatic rings. The molecule has 1 aliphatic heterocycles. The average Bonchev–Trinajstić information content (AvgIpc) is 2.66. The molecule has 0 aliphatic carbocycles. The maximum absolute atomic E-state index is 12.8. The van der Waals surface area contributed by atoms with Crippen LogP contribution in [0.1, 0.15) is 45.0 Å². The molecule has 0 aromatic heterocycles. The lowest BCUT2D eigenvalue weighted by Gasteiger charge is -2.32. The Hall–Kier alpha value is -1.67. The van der Waals surface area contributed by atoms with E-state index in [2.05, 4.69) is 10.1 Å². The molecule has 24 heavy (non-hydrogen) atoms. The first-order valence-corrected chi connectivity index (χ1v) is 7.80. The van der Waals surface area contributed by atoms with E-state index in [-0.39, 0.29) is 17.2 Å². The number of carbonyl (C=O) groups is 1. The summed E-state index contributed by atoms with van der Waals surface area (Å²) in [6, 6.07) is 4.33. The van der Waals surface area contributed by atoms with E-state index < -0.39 is 24.9 Å². The topological polar surface area (TPSA) is 56.8 Å². The number of amides is 1. The van der Waals surface area contributed by atoms with E-state index in [1.165, 1.54) is 18.2 Å². The Balaban J connectivity index is 2.37. The highest BCUT2D eigenvalue weighted by Gasteiger charge is 2.52. The molecule has 0 bridgehead atoms. The zero-order valence-corrected chi connectivity index (χ0v) is 14.5. The lowest BCUT2D eigenvalue weighted by Crippen LogP contribution is -2.41. The fourth-order valence-electron chi connectivity index (χ4n) is 2.30. The molecule has 1 amide bonds. The van der Waals surface area contributed by atoms with Crippen LogP contribution in [-0.4, -0.2) is 37.4 Å². The molecule has 1 saturated heterocycles. The van der Waals surface area contributed by atoms with Gasteiger partial charge in [0, 0.05) is 17.6 Å². The molecule has 0 radical (unpaired) electrons. The van der Waals surface area contributed by atoms with Crippen LogP contribution in [0.5, 0.6) is 5.75 Å². The maximum Gasteiger partial charge on any atom is 0.498 e. The highest BCUT2D eigenvalue weighted by molar-refractivity contribution is 6.63. The van der Waals surface area contributed by atoms with Gasteiger partial charge in [-0.3, -0.25) is 4.79 Å². The van der Waals surface area contributed by atoms with Gasteiger partial charge in [-0.25, -0.2) is 0 Å². The van der Waals surface area contributed by atoms with Crippen LogP contribution in [0.4, 0.5) is 8.78 Å². The van der Waals surface area contributed by atoms with E-state index in [0.29, 0.717) is 12.0 Å². The number of halogens is 2. The molecular formula is C16H22BF2NO4. The Bertz CT molecular complexity index is 606. The number of hydrogen-bond acceptors (Lipinski definition) is 4. The summed E-state index contributed by atoms with van der Waals surface area (Å²) in [6.45, 7) is 6.65. The van der Waals surface area contributed by atoms with E-state index in [1.54, 1.807) is 6.92 Å². The Labute approximate surface area is 140 Å². The van der Waals surface area contributed by atoms with Crippen LogP contribution < -0.4 is 15.5 Å². The van der Waals surface area contributed by atoms with Crippen molar-refractivity contribution in [2.75, 3.05) is 6.54 Å². The number of benzene rings is 1. The highest BCUT2D eigenvalue weighted by atomic mass is 19.3. The molecule has 0 atom stereocenters. The van der Waals surface area contributed by atoms with Gasteiger partial charge in [0.15, 0.2) is 0 Å². The van der Waals surface area contributed by atoms with Gasteiger partial charge in [-0.15, -0.1) is 0 Å². The minimum atomic E-state index is -3.02. The Morgan fingerprint density at radius 3 is 2.33 bits per heavy atom. The van der Waals surface area contributed by atoms with Gasteiger partial charge in [0.05, 0.1) is 11.2 Å². The summed E-state index contributed by atoms with van der Waals surface area (Å²) in [4.78, 5) is 11.9. The molecule has 8 heteroatoms. The van der Waals surface area contributed by atoms with Crippen LogP contribution in [0, 0.1) is 0 Å². The largest absolute Gasteiger partial charge is 0.498 e. The van der Waals surface area contributed by atoms with Gasteiger partial charge in [-0.05, 0) is 46.8 Å². The molecule has 1 aliphatic rings. The first-order chi connectivity index (χ1) is 11.1. The van der Waals surface area contributed by atoms with E-state index in [1.807, 2.05) is 27.7 Å². The molecule has 5 nitrogen and oxygen atoms in total. The second kappa shape index (κ2) is 6.68. The lowest BCUT2D eigenvalue weighted by molar-refractivity contribution is -0.0493. The third-order valence-electron chi connectivity index (χ3n) is 4.34. The second-order valence-corrected chi connectivity index (χ2v) is 6.58. The van der Waals surface area contributed by atoms with Gasteiger partial charge in [0.25, 0.3) is 5.91 Å². The molecule has 1 aromatic carbocycles. The van der Waals surface area contributed by atoms with Crippen LogP contribution in [0.3, 0.4) is 0 Å². The molecule has 0 saturated carbocycles. The zero-order valence-electron chi connectivity index (χ0n) is 14.5. The zero-order chi connectivity index (χ0) is 18.1.